The molecular weight excluding hydrogens is 274 g/mol. The number of hydrogen-bond acceptors (Lipinski definition) is 4. The first kappa shape index (κ1) is 15.0. The zero-order valence-electron chi connectivity index (χ0n) is 11.7. The van der Waals surface area contributed by atoms with Gasteiger partial charge in [-0.05, 0) is 19.2 Å². The molecule has 1 heterocycles. The summed E-state index contributed by atoms with van der Waals surface area (Å²) in [6.45, 7) is 0.564. The van der Waals surface area contributed by atoms with E-state index >= 15 is 0 Å². The maximum absolute atomic E-state index is 10.8. The monoisotopic (exact) mass is 291 g/mol. The lowest BCUT2D eigenvalue weighted by atomic mass is 10.3. The van der Waals surface area contributed by atoms with Gasteiger partial charge in [-0.25, -0.2) is 4.98 Å². The van der Waals surface area contributed by atoms with E-state index < -0.39 is 11.9 Å². The Morgan fingerprint density at radius 1 is 1.24 bits per heavy atom. The highest BCUT2D eigenvalue weighted by molar-refractivity contribution is 5.76. The number of hydrogen-bond donors (Lipinski definition) is 2. The second kappa shape index (κ2) is 6.36. The number of aliphatic carboxylic acids is 2. The van der Waals surface area contributed by atoms with Crippen LogP contribution in [-0.4, -0.2) is 50.2 Å². The molecule has 1 aromatic heterocycles. The Hall–Kier alpha value is -2.41. The van der Waals surface area contributed by atoms with E-state index in [0.717, 1.165) is 11.0 Å². The van der Waals surface area contributed by atoms with Crippen LogP contribution in [0.5, 0.6) is 0 Å². The van der Waals surface area contributed by atoms with E-state index in [1.165, 1.54) is 0 Å². The molecule has 0 spiro atoms. The van der Waals surface area contributed by atoms with E-state index in [0.29, 0.717) is 18.9 Å². The van der Waals surface area contributed by atoms with Crippen LogP contribution in [0.2, 0.25) is 0 Å². The van der Waals surface area contributed by atoms with Gasteiger partial charge in [0.1, 0.15) is 5.82 Å². The summed E-state index contributed by atoms with van der Waals surface area (Å²) >= 11 is 0. The number of imidazole rings is 1. The number of carboxylic acid groups (broad SMARTS) is 2. The molecule has 2 rings (SSSR count). The van der Waals surface area contributed by atoms with Gasteiger partial charge in [0.15, 0.2) is 0 Å². The van der Waals surface area contributed by atoms with Crippen LogP contribution < -0.4 is 0 Å². The van der Waals surface area contributed by atoms with E-state index in [1.807, 2.05) is 28.8 Å². The van der Waals surface area contributed by atoms with Gasteiger partial charge < -0.3 is 14.8 Å². The molecule has 1 aromatic carbocycles. The van der Waals surface area contributed by atoms with Crippen molar-refractivity contribution in [2.75, 3.05) is 13.6 Å². The Morgan fingerprint density at radius 2 is 1.95 bits per heavy atom. The molecule has 0 saturated heterocycles. The minimum absolute atomic E-state index is 0.00397. The molecule has 0 amide bonds. The normalized spacial score (nSPS) is 11.1. The number of nitrogens with zero attached hydrogens (tertiary/aromatic N) is 3. The maximum atomic E-state index is 10.8. The maximum Gasteiger partial charge on any atom is 0.317 e. The van der Waals surface area contributed by atoms with Crippen LogP contribution in [0, 0.1) is 0 Å². The second-order valence-electron chi connectivity index (χ2n) is 4.88. The van der Waals surface area contributed by atoms with Crippen LogP contribution in [0.15, 0.2) is 24.3 Å². The predicted molar refractivity (Wildman–Crippen MR) is 76.0 cm³/mol. The molecule has 21 heavy (non-hydrogen) atoms. The average molecular weight is 291 g/mol. The second-order valence-corrected chi connectivity index (χ2v) is 4.88. The van der Waals surface area contributed by atoms with Crippen LogP contribution in [-0.2, 0) is 22.7 Å². The van der Waals surface area contributed by atoms with Crippen LogP contribution in [0.25, 0.3) is 11.0 Å². The van der Waals surface area contributed by atoms with Crippen molar-refractivity contribution < 1.29 is 19.8 Å². The summed E-state index contributed by atoms with van der Waals surface area (Å²) in [5, 5.41) is 17.7. The van der Waals surface area contributed by atoms with Crippen molar-refractivity contribution >= 4 is 23.0 Å². The Kier molecular flexibility index (Phi) is 4.54. The first-order valence-corrected chi connectivity index (χ1v) is 6.53. The number of para-hydroxylation sites is 2. The van der Waals surface area contributed by atoms with E-state index in [-0.39, 0.29) is 13.0 Å². The summed E-state index contributed by atoms with van der Waals surface area (Å²) in [6, 6.07) is 7.46. The van der Waals surface area contributed by atoms with Gasteiger partial charge in [-0.15, -0.1) is 0 Å². The van der Waals surface area contributed by atoms with Crippen molar-refractivity contribution in [2.45, 2.75) is 19.5 Å². The molecule has 2 N–H and O–H groups in total. The first-order chi connectivity index (χ1) is 9.97. The quantitative estimate of drug-likeness (QED) is 0.791. The molecule has 0 bridgehead atoms. The number of likely N-dealkylation sites (N-methyl/N-ethyl adjacent to an activating group) is 1. The standard InChI is InChI=1S/C14H17N3O4/c1-16(9-14(20)21)8-12-15-10-4-2-3-5-11(10)17(12)7-6-13(18)19/h2-5H,6-9H2,1H3,(H,18,19)(H,20,21). The third-order valence-electron chi connectivity index (χ3n) is 3.10. The highest BCUT2D eigenvalue weighted by atomic mass is 16.4. The van der Waals surface area contributed by atoms with Crippen LogP contribution in [0.1, 0.15) is 12.2 Å². The molecule has 0 saturated carbocycles. The Labute approximate surface area is 121 Å². The third kappa shape index (κ3) is 3.79. The van der Waals surface area contributed by atoms with E-state index in [9.17, 15) is 9.59 Å². The Balaban J connectivity index is 2.29. The van der Waals surface area contributed by atoms with E-state index in [1.54, 1.807) is 11.9 Å². The summed E-state index contributed by atoms with van der Waals surface area (Å²) < 4.78 is 1.84. The van der Waals surface area contributed by atoms with Gasteiger partial charge in [0, 0.05) is 6.54 Å². The zero-order chi connectivity index (χ0) is 15.4. The van der Waals surface area contributed by atoms with Crippen molar-refractivity contribution in [2.24, 2.45) is 0 Å². The van der Waals surface area contributed by atoms with Gasteiger partial charge in [-0.3, -0.25) is 14.5 Å². The molecule has 0 aliphatic heterocycles. The van der Waals surface area contributed by atoms with Gasteiger partial charge in [0.05, 0.1) is 30.5 Å². The fourth-order valence-electron chi connectivity index (χ4n) is 2.23. The van der Waals surface area contributed by atoms with Crippen molar-refractivity contribution in [3.8, 4) is 0 Å². The predicted octanol–water partition coefficient (Wildman–Crippen LogP) is 1.03. The van der Waals surface area contributed by atoms with Gasteiger partial charge in [0.25, 0.3) is 0 Å². The third-order valence-corrected chi connectivity index (χ3v) is 3.10. The Morgan fingerprint density at radius 3 is 2.62 bits per heavy atom. The summed E-state index contributed by atoms with van der Waals surface area (Å²) in [4.78, 5) is 27.6. The fraction of sp³-hybridized carbons (Fsp3) is 0.357. The Bertz CT molecular complexity index is 665. The number of benzene rings is 1. The minimum atomic E-state index is -0.911. The minimum Gasteiger partial charge on any atom is -0.481 e. The molecule has 0 aliphatic carbocycles. The molecule has 0 fully saturated rings. The summed E-state index contributed by atoms with van der Waals surface area (Å²) in [6.07, 6.45) is -0.00397. The van der Waals surface area contributed by atoms with Gasteiger partial charge in [-0.2, -0.15) is 0 Å². The molecule has 2 aromatic rings. The van der Waals surface area contributed by atoms with Crippen molar-refractivity contribution in [1.29, 1.82) is 0 Å². The van der Waals surface area contributed by atoms with Gasteiger partial charge in [-0.1, -0.05) is 12.1 Å². The number of rotatable bonds is 7. The molecule has 0 aliphatic rings. The van der Waals surface area contributed by atoms with Crippen molar-refractivity contribution in [3.63, 3.8) is 0 Å². The SMILES string of the molecule is CN(CC(=O)O)Cc1nc2ccccc2n1CCC(=O)O. The lowest BCUT2D eigenvalue weighted by molar-refractivity contribution is -0.138. The number of aryl methyl sites for hydroxylation is 1. The molecule has 0 unspecified atom stereocenters. The summed E-state index contributed by atoms with van der Waals surface area (Å²) in [7, 11) is 1.69. The molecule has 112 valence electrons. The highest BCUT2D eigenvalue weighted by Gasteiger charge is 2.14. The molecule has 7 nitrogen and oxygen atoms in total. The molecule has 0 radical (unpaired) electrons. The molecular formula is C14H17N3O4. The topological polar surface area (TPSA) is 95.7 Å². The number of aromatic nitrogens is 2. The smallest absolute Gasteiger partial charge is 0.317 e. The first-order valence-electron chi connectivity index (χ1n) is 6.53. The highest BCUT2D eigenvalue weighted by Crippen LogP contribution is 2.17. The van der Waals surface area contributed by atoms with Crippen LogP contribution in [0.4, 0.5) is 0 Å². The lowest BCUT2D eigenvalue weighted by Gasteiger charge is -2.15. The number of carboxylic acids is 2. The zero-order valence-corrected chi connectivity index (χ0v) is 11.7. The summed E-state index contributed by atoms with van der Waals surface area (Å²) in [5.74, 6) is -1.12. The lowest BCUT2D eigenvalue weighted by Crippen LogP contribution is -2.26. The van der Waals surface area contributed by atoms with Gasteiger partial charge in [0.2, 0.25) is 0 Å². The molecule has 0 atom stereocenters. The number of carbonyl (C=O) groups is 2. The van der Waals surface area contributed by atoms with E-state index in [4.69, 9.17) is 10.2 Å². The van der Waals surface area contributed by atoms with Crippen LogP contribution in [0.3, 0.4) is 0 Å². The molecule has 7 heteroatoms. The average Bonchev–Trinajstić information content (AvgIpc) is 2.72. The van der Waals surface area contributed by atoms with Gasteiger partial charge >= 0.3 is 11.9 Å². The van der Waals surface area contributed by atoms with Crippen molar-refractivity contribution in [1.82, 2.24) is 14.5 Å². The summed E-state index contributed by atoms with van der Waals surface area (Å²) in [5.41, 5.74) is 1.64. The number of fused-ring (bicyclic) bond motifs is 1. The fourth-order valence-corrected chi connectivity index (χ4v) is 2.23. The van der Waals surface area contributed by atoms with E-state index in [2.05, 4.69) is 4.98 Å². The largest absolute Gasteiger partial charge is 0.481 e. The van der Waals surface area contributed by atoms with Crippen molar-refractivity contribution in [3.05, 3.63) is 30.1 Å². The van der Waals surface area contributed by atoms with Crippen LogP contribution >= 0.6 is 0 Å².